The Labute approximate surface area is 163 Å². The summed E-state index contributed by atoms with van der Waals surface area (Å²) in [5, 5.41) is 4.29. The molecule has 5 nitrogen and oxygen atoms in total. The summed E-state index contributed by atoms with van der Waals surface area (Å²) in [6.45, 7) is 0. The largest absolute Gasteiger partial charge is 0.418 e. The molecule has 9 heteroatoms. The Hall–Kier alpha value is -3.04. The van der Waals surface area contributed by atoms with Crippen molar-refractivity contribution < 1.29 is 21.6 Å². The number of hydrogen-bond acceptors (Lipinski definition) is 6. The highest BCUT2D eigenvalue weighted by molar-refractivity contribution is 7.91. The SMILES string of the molecule is O=S(=O)(c1ccc(F)cc1)c1nc(-c2cccs2)oc1Nc1ccc(F)cc1. The fourth-order valence-corrected chi connectivity index (χ4v) is 4.37. The Kier molecular flexibility index (Phi) is 4.70. The van der Waals surface area contributed by atoms with E-state index in [1.807, 2.05) is 0 Å². The molecule has 0 radical (unpaired) electrons. The molecular formula is C19H12F2N2O3S2. The van der Waals surface area contributed by atoms with Crippen molar-refractivity contribution in [3.05, 3.63) is 77.7 Å². The Morgan fingerprint density at radius 3 is 2.18 bits per heavy atom. The predicted octanol–water partition coefficient (Wildman–Crippen LogP) is 5.26. The first kappa shape index (κ1) is 18.3. The fourth-order valence-electron chi connectivity index (χ4n) is 2.46. The summed E-state index contributed by atoms with van der Waals surface area (Å²) in [6, 6.07) is 13.3. The first-order chi connectivity index (χ1) is 13.4. The minimum absolute atomic E-state index is 0.112. The van der Waals surface area contributed by atoms with Gasteiger partial charge >= 0.3 is 0 Å². The van der Waals surface area contributed by atoms with Gasteiger partial charge in [0.1, 0.15) is 11.6 Å². The Morgan fingerprint density at radius 2 is 1.57 bits per heavy atom. The number of hydrogen-bond donors (Lipinski definition) is 1. The molecule has 2 aromatic carbocycles. The van der Waals surface area contributed by atoms with Gasteiger partial charge in [0, 0.05) is 5.69 Å². The second-order valence-electron chi connectivity index (χ2n) is 5.72. The summed E-state index contributed by atoms with van der Waals surface area (Å²) in [6.07, 6.45) is 0. The third-order valence-electron chi connectivity index (χ3n) is 3.81. The normalized spacial score (nSPS) is 11.5. The number of nitrogens with zero attached hydrogens (tertiary/aromatic N) is 1. The van der Waals surface area contributed by atoms with Gasteiger partial charge in [-0.15, -0.1) is 11.3 Å². The van der Waals surface area contributed by atoms with Gasteiger partial charge in [-0.3, -0.25) is 0 Å². The molecule has 0 saturated carbocycles. The van der Waals surface area contributed by atoms with Crippen LogP contribution in [0.2, 0.25) is 0 Å². The van der Waals surface area contributed by atoms with Gasteiger partial charge in [-0.25, -0.2) is 17.2 Å². The topological polar surface area (TPSA) is 72.2 Å². The van der Waals surface area contributed by atoms with Crippen LogP contribution in [0.15, 0.2) is 80.4 Å². The maximum absolute atomic E-state index is 13.2. The van der Waals surface area contributed by atoms with E-state index in [2.05, 4.69) is 10.3 Å². The lowest BCUT2D eigenvalue weighted by molar-refractivity contribution is 0.582. The number of rotatable bonds is 5. The van der Waals surface area contributed by atoms with Crippen LogP contribution in [0.25, 0.3) is 10.8 Å². The van der Waals surface area contributed by atoms with Crippen molar-refractivity contribution >= 4 is 32.7 Å². The van der Waals surface area contributed by atoms with Crippen LogP contribution in [0.1, 0.15) is 0 Å². The number of sulfone groups is 1. The molecule has 0 spiro atoms. The molecular weight excluding hydrogens is 406 g/mol. The standard InChI is InChI=1S/C19H12F2N2O3S2/c20-12-3-7-14(8-4-12)22-18-19(23-17(26-18)16-2-1-11-27-16)28(24,25)15-9-5-13(21)6-10-15/h1-11,22H. The number of aromatic nitrogens is 1. The number of thiophene rings is 1. The first-order valence-electron chi connectivity index (χ1n) is 8.01. The highest BCUT2D eigenvalue weighted by Gasteiger charge is 2.29. The van der Waals surface area contributed by atoms with Gasteiger partial charge in [-0.1, -0.05) is 6.07 Å². The van der Waals surface area contributed by atoms with Gasteiger partial charge in [0.25, 0.3) is 0 Å². The summed E-state index contributed by atoms with van der Waals surface area (Å²) in [4.78, 5) is 4.68. The molecule has 0 bridgehead atoms. The lowest BCUT2D eigenvalue weighted by Crippen LogP contribution is -2.05. The molecule has 0 unspecified atom stereocenters. The third-order valence-corrected chi connectivity index (χ3v) is 6.34. The molecule has 4 rings (SSSR count). The summed E-state index contributed by atoms with van der Waals surface area (Å²) < 4.78 is 58.1. The number of oxazole rings is 1. The molecule has 0 saturated heterocycles. The van der Waals surface area contributed by atoms with Crippen molar-refractivity contribution in [3.63, 3.8) is 0 Å². The van der Waals surface area contributed by atoms with E-state index in [9.17, 15) is 17.2 Å². The third kappa shape index (κ3) is 3.54. The van der Waals surface area contributed by atoms with Crippen molar-refractivity contribution in [1.29, 1.82) is 0 Å². The van der Waals surface area contributed by atoms with Crippen LogP contribution >= 0.6 is 11.3 Å². The van der Waals surface area contributed by atoms with E-state index in [-0.39, 0.29) is 21.7 Å². The lowest BCUT2D eigenvalue weighted by Gasteiger charge is -2.06. The summed E-state index contributed by atoms with van der Waals surface area (Å²) in [5.41, 5.74) is 0.422. The quantitative estimate of drug-likeness (QED) is 0.448. The smallest absolute Gasteiger partial charge is 0.240 e. The molecule has 0 amide bonds. The van der Waals surface area contributed by atoms with E-state index in [0.717, 1.165) is 24.3 Å². The van der Waals surface area contributed by atoms with E-state index in [4.69, 9.17) is 4.42 Å². The molecule has 2 heterocycles. The van der Waals surface area contributed by atoms with Gasteiger partial charge in [0.05, 0.1) is 9.77 Å². The maximum atomic E-state index is 13.2. The van der Waals surface area contributed by atoms with E-state index < -0.39 is 21.5 Å². The molecule has 2 aromatic heterocycles. The molecule has 4 aromatic rings. The van der Waals surface area contributed by atoms with E-state index in [1.54, 1.807) is 17.5 Å². The first-order valence-corrected chi connectivity index (χ1v) is 10.4. The van der Waals surface area contributed by atoms with Crippen molar-refractivity contribution in [1.82, 2.24) is 4.98 Å². The number of benzene rings is 2. The van der Waals surface area contributed by atoms with E-state index in [1.165, 1.54) is 35.6 Å². The Morgan fingerprint density at radius 1 is 0.929 bits per heavy atom. The highest BCUT2D eigenvalue weighted by Crippen LogP contribution is 2.35. The van der Waals surface area contributed by atoms with E-state index in [0.29, 0.717) is 10.6 Å². The van der Waals surface area contributed by atoms with Crippen molar-refractivity contribution in [2.24, 2.45) is 0 Å². The molecule has 28 heavy (non-hydrogen) atoms. The number of halogens is 2. The highest BCUT2D eigenvalue weighted by atomic mass is 32.2. The van der Waals surface area contributed by atoms with Crippen LogP contribution in [-0.2, 0) is 9.84 Å². The zero-order valence-electron chi connectivity index (χ0n) is 14.1. The molecule has 0 aliphatic carbocycles. The summed E-state index contributed by atoms with van der Waals surface area (Å²) in [7, 11) is -4.09. The molecule has 0 atom stereocenters. The second kappa shape index (κ2) is 7.17. The summed E-state index contributed by atoms with van der Waals surface area (Å²) in [5.74, 6) is -0.968. The van der Waals surface area contributed by atoms with Gasteiger partial charge in [0.2, 0.25) is 26.6 Å². The minimum Gasteiger partial charge on any atom is -0.418 e. The van der Waals surface area contributed by atoms with E-state index >= 15 is 0 Å². The minimum atomic E-state index is -4.09. The zero-order valence-corrected chi connectivity index (χ0v) is 15.7. The number of nitrogens with one attached hydrogen (secondary N) is 1. The predicted molar refractivity (Wildman–Crippen MR) is 101 cm³/mol. The van der Waals surface area contributed by atoms with Crippen LogP contribution in [0, 0.1) is 11.6 Å². The zero-order chi connectivity index (χ0) is 19.7. The van der Waals surface area contributed by atoms with Crippen LogP contribution in [0.3, 0.4) is 0 Å². The van der Waals surface area contributed by atoms with Gasteiger partial charge < -0.3 is 9.73 Å². The molecule has 0 aliphatic heterocycles. The second-order valence-corrected chi connectivity index (χ2v) is 8.53. The number of anilines is 2. The van der Waals surface area contributed by atoms with Crippen molar-refractivity contribution in [2.75, 3.05) is 5.32 Å². The Balaban J connectivity index is 1.82. The molecule has 142 valence electrons. The van der Waals surface area contributed by atoms with Crippen molar-refractivity contribution in [2.45, 2.75) is 9.92 Å². The fraction of sp³-hybridized carbons (Fsp3) is 0. The van der Waals surface area contributed by atoms with Crippen LogP contribution < -0.4 is 5.32 Å². The average molecular weight is 418 g/mol. The molecule has 1 N–H and O–H groups in total. The van der Waals surface area contributed by atoms with Gasteiger partial charge in [0.15, 0.2) is 0 Å². The monoisotopic (exact) mass is 418 g/mol. The van der Waals surface area contributed by atoms with Gasteiger partial charge in [-0.2, -0.15) is 4.98 Å². The molecule has 0 fully saturated rings. The molecule has 0 aliphatic rings. The van der Waals surface area contributed by atoms with Crippen LogP contribution in [0.5, 0.6) is 0 Å². The average Bonchev–Trinajstić information content (AvgIpc) is 3.34. The maximum Gasteiger partial charge on any atom is 0.240 e. The van der Waals surface area contributed by atoms with Crippen molar-refractivity contribution in [3.8, 4) is 10.8 Å². The van der Waals surface area contributed by atoms with Crippen LogP contribution in [-0.4, -0.2) is 13.4 Å². The summed E-state index contributed by atoms with van der Waals surface area (Å²) >= 11 is 1.34. The van der Waals surface area contributed by atoms with Crippen LogP contribution in [0.4, 0.5) is 20.4 Å². The Bertz CT molecular complexity index is 1200. The lowest BCUT2D eigenvalue weighted by atomic mass is 10.3. The van der Waals surface area contributed by atoms with Gasteiger partial charge in [-0.05, 0) is 60.0 Å².